The summed E-state index contributed by atoms with van der Waals surface area (Å²) in [6, 6.07) is 14.1. The minimum absolute atomic E-state index is 0.621. The molecule has 38 heavy (non-hydrogen) atoms. The Labute approximate surface area is 229 Å². The molecule has 0 aliphatic heterocycles. The third kappa shape index (κ3) is 10.4. The second-order valence-corrected chi connectivity index (χ2v) is 9.77. The highest BCUT2D eigenvalue weighted by molar-refractivity contribution is 6.20. The number of rotatable bonds is 16. The molecule has 0 atom stereocenters. The fraction of sp³-hybridized carbons (Fsp3) is 0.452. The van der Waals surface area contributed by atoms with Gasteiger partial charge in [-0.05, 0) is 43.2 Å². The van der Waals surface area contributed by atoms with Gasteiger partial charge in [0.1, 0.15) is 5.84 Å². The lowest BCUT2D eigenvalue weighted by Gasteiger charge is -2.14. The lowest BCUT2D eigenvalue weighted by Crippen LogP contribution is -2.12. The quantitative estimate of drug-likeness (QED) is 0.0649. The van der Waals surface area contributed by atoms with Crippen molar-refractivity contribution in [2.45, 2.75) is 65.2 Å². The first-order valence-electron chi connectivity index (χ1n) is 13.8. The van der Waals surface area contributed by atoms with E-state index in [1.165, 1.54) is 57.6 Å². The van der Waals surface area contributed by atoms with Gasteiger partial charge in [-0.3, -0.25) is 0 Å². The lowest BCUT2D eigenvalue weighted by molar-refractivity contribution is 0.437. The van der Waals surface area contributed by atoms with Gasteiger partial charge < -0.3 is 26.8 Å². The maximum atomic E-state index is 7.81. The second kappa shape index (κ2) is 17.0. The summed E-state index contributed by atoms with van der Waals surface area (Å²) in [6.45, 7) is 5.12. The fourth-order valence-corrected chi connectivity index (χ4v) is 4.30. The van der Waals surface area contributed by atoms with Crippen LogP contribution in [0, 0.1) is 5.41 Å². The molecule has 0 aliphatic carbocycles. The molecule has 0 radical (unpaired) electrons. The Kier molecular flexibility index (Phi) is 13.7. The minimum Gasteiger partial charge on any atom is -0.398 e. The van der Waals surface area contributed by atoms with Gasteiger partial charge in [0.15, 0.2) is 0 Å². The van der Waals surface area contributed by atoms with Crippen molar-refractivity contribution in [1.82, 2.24) is 10.3 Å². The van der Waals surface area contributed by atoms with Crippen LogP contribution in [-0.2, 0) is 0 Å². The zero-order chi connectivity index (χ0) is 27.8. The smallest absolute Gasteiger partial charge is 0.145 e. The van der Waals surface area contributed by atoms with Crippen LogP contribution in [0.1, 0.15) is 81.9 Å². The Morgan fingerprint density at radius 1 is 0.947 bits per heavy atom. The molecule has 5 N–H and O–H groups in total. The second-order valence-electron chi connectivity index (χ2n) is 9.77. The van der Waals surface area contributed by atoms with Crippen LogP contribution < -0.4 is 16.4 Å². The molecule has 0 fully saturated rings. The lowest BCUT2D eigenvalue weighted by atomic mass is 9.96. The van der Waals surface area contributed by atoms with E-state index >= 15 is 0 Å². The number of benzene rings is 2. The van der Waals surface area contributed by atoms with Crippen molar-refractivity contribution in [1.29, 1.82) is 5.41 Å². The van der Waals surface area contributed by atoms with E-state index in [1.54, 1.807) is 11.2 Å². The van der Waals surface area contributed by atoms with Crippen molar-refractivity contribution in [2.24, 2.45) is 10.1 Å². The Morgan fingerprint density at radius 3 is 2.18 bits per heavy atom. The molecular formula is C31H47N7. The Bertz CT molecular complexity index is 1080. The number of hydrazone groups is 1. The molecular weight excluding hydrogens is 470 g/mol. The molecule has 206 valence electrons. The highest BCUT2D eigenvalue weighted by atomic mass is 15.4. The maximum Gasteiger partial charge on any atom is 0.145 e. The summed E-state index contributed by atoms with van der Waals surface area (Å²) in [5, 5.41) is 20.6. The normalized spacial score (nSPS) is 12.4. The molecule has 0 amide bonds. The van der Waals surface area contributed by atoms with Crippen molar-refractivity contribution >= 4 is 34.7 Å². The number of nitrogen functional groups attached to an aromatic ring is 1. The first-order chi connectivity index (χ1) is 18.4. The van der Waals surface area contributed by atoms with Gasteiger partial charge in [-0.15, -0.1) is 0 Å². The largest absolute Gasteiger partial charge is 0.398 e. The van der Waals surface area contributed by atoms with Gasteiger partial charge in [0.2, 0.25) is 0 Å². The van der Waals surface area contributed by atoms with Crippen molar-refractivity contribution in [3.05, 3.63) is 65.4 Å². The third-order valence-electron chi connectivity index (χ3n) is 6.23. The van der Waals surface area contributed by atoms with Gasteiger partial charge >= 0.3 is 0 Å². The maximum absolute atomic E-state index is 7.81. The Hall–Kier alpha value is -3.61. The van der Waals surface area contributed by atoms with Crippen LogP contribution in [0.25, 0.3) is 5.57 Å². The van der Waals surface area contributed by atoms with Crippen LogP contribution in [-0.4, -0.2) is 50.5 Å². The van der Waals surface area contributed by atoms with E-state index in [2.05, 4.69) is 46.9 Å². The summed E-state index contributed by atoms with van der Waals surface area (Å²) in [7, 11) is 5.57. The van der Waals surface area contributed by atoms with Gasteiger partial charge in [-0.25, -0.2) is 4.99 Å². The number of hydrogen-bond acceptors (Lipinski definition) is 6. The Morgan fingerprint density at radius 2 is 1.58 bits per heavy atom. The molecule has 0 heterocycles. The molecule has 2 aromatic carbocycles. The zero-order valence-electron chi connectivity index (χ0n) is 24.0. The molecule has 7 nitrogen and oxygen atoms in total. The predicted molar refractivity (Wildman–Crippen MR) is 167 cm³/mol. The van der Waals surface area contributed by atoms with Crippen molar-refractivity contribution in [2.75, 3.05) is 38.7 Å². The van der Waals surface area contributed by atoms with Gasteiger partial charge in [0.05, 0.1) is 5.71 Å². The predicted octanol–water partition coefficient (Wildman–Crippen LogP) is 6.76. The van der Waals surface area contributed by atoms with Crippen LogP contribution in [0.5, 0.6) is 0 Å². The molecule has 0 aliphatic rings. The van der Waals surface area contributed by atoms with Gasteiger partial charge in [0, 0.05) is 68.2 Å². The van der Waals surface area contributed by atoms with Crippen molar-refractivity contribution < 1.29 is 0 Å². The fourth-order valence-electron chi connectivity index (χ4n) is 4.30. The standard InChI is InChI=1S/C31H47N7/c1-6-7-8-9-10-11-12-13-20-35-28-17-14-25(15-18-28)31(36-24(2)37-38(4)5)29-21-26(16-19-30(29)33)27(22-32)23-34-3/h14-19,21-23,32,34-35H,6-13,20,33H2,1-5H3/b27-23+,32-22?,36-31-,37-24+. The SMILES string of the molecule is CCCCCCCCCCNc1ccc(/C(=N/C(C)=N/N(C)C)c2cc(/C(C=N)=C/NC)ccc2N)cc1. The number of hydrogen-bond donors (Lipinski definition) is 4. The highest BCUT2D eigenvalue weighted by Gasteiger charge is 2.14. The monoisotopic (exact) mass is 517 g/mol. The van der Waals surface area contributed by atoms with Crippen LogP contribution in [0.4, 0.5) is 11.4 Å². The molecule has 0 saturated carbocycles. The summed E-state index contributed by atoms with van der Waals surface area (Å²) in [6.07, 6.45) is 13.7. The molecule has 0 bridgehead atoms. The average Bonchev–Trinajstić information content (AvgIpc) is 2.90. The van der Waals surface area contributed by atoms with E-state index in [-0.39, 0.29) is 0 Å². The number of allylic oxidation sites excluding steroid dienone is 1. The number of nitrogens with two attached hydrogens (primary N) is 1. The average molecular weight is 518 g/mol. The van der Waals surface area contributed by atoms with E-state index < -0.39 is 0 Å². The van der Waals surface area contributed by atoms with Crippen molar-refractivity contribution in [3.63, 3.8) is 0 Å². The molecule has 0 saturated heterocycles. The first-order valence-corrected chi connectivity index (χ1v) is 13.8. The number of unbranched alkanes of at least 4 members (excludes halogenated alkanes) is 7. The summed E-state index contributed by atoms with van der Waals surface area (Å²) >= 11 is 0. The number of aliphatic imine (C=N–C) groups is 1. The van der Waals surface area contributed by atoms with E-state index in [0.29, 0.717) is 11.5 Å². The molecule has 2 aromatic rings. The molecule has 0 spiro atoms. The van der Waals surface area contributed by atoms with E-state index in [9.17, 15) is 0 Å². The topological polar surface area (TPSA) is 102 Å². The third-order valence-corrected chi connectivity index (χ3v) is 6.23. The summed E-state index contributed by atoms with van der Waals surface area (Å²) < 4.78 is 0. The number of nitrogens with one attached hydrogen (secondary N) is 3. The van der Waals surface area contributed by atoms with E-state index in [1.807, 2.05) is 46.3 Å². The molecule has 2 rings (SSSR count). The first kappa shape index (κ1) is 30.6. The summed E-state index contributed by atoms with van der Waals surface area (Å²) in [5.74, 6) is 0.629. The van der Waals surface area contributed by atoms with E-state index in [4.69, 9.17) is 16.1 Å². The van der Waals surface area contributed by atoms with Crippen LogP contribution in [0.15, 0.2) is 58.8 Å². The Balaban J connectivity index is 2.21. The summed E-state index contributed by atoms with van der Waals surface area (Å²) in [5.41, 5.74) is 12.3. The van der Waals surface area contributed by atoms with Crippen LogP contribution in [0.2, 0.25) is 0 Å². The van der Waals surface area contributed by atoms with Gasteiger partial charge in [0.25, 0.3) is 0 Å². The van der Waals surface area contributed by atoms with E-state index in [0.717, 1.165) is 40.2 Å². The van der Waals surface area contributed by atoms with Gasteiger partial charge in [-0.2, -0.15) is 5.10 Å². The minimum atomic E-state index is 0.621. The van der Waals surface area contributed by atoms with Crippen LogP contribution >= 0.6 is 0 Å². The number of amidine groups is 1. The molecule has 0 unspecified atom stereocenters. The molecule has 7 heteroatoms. The van der Waals surface area contributed by atoms with Crippen LogP contribution in [0.3, 0.4) is 0 Å². The highest BCUT2D eigenvalue weighted by Crippen LogP contribution is 2.24. The van der Waals surface area contributed by atoms with Gasteiger partial charge in [-0.1, -0.05) is 70.1 Å². The number of anilines is 2. The summed E-state index contributed by atoms with van der Waals surface area (Å²) in [4.78, 5) is 4.87. The molecule has 0 aromatic heterocycles. The van der Waals surface area contributed by atoms with Crippen molar-refractivity contribution in [3.8, 4) is 0 Å². The number of nitrogens with zero attached hydrogens (tertiary/aromatic N) is 3. The zero-order valence-corrected chi connectivity index (χ0v) is 24.0.